The largest absolute Gasteiger partial charge is 0.461 e. The number of rotatable bonds is 5. The first kappa shape index (κ1) is 18.2. The van der Waals surface area contributed by atoms with Gasteiger partial charge in [-0.2, -0.15) is 0 Å². The zero-order valence-electron chi connectivity index (χ0n) is 15.8. The molecule has 142 valence electrons. The van der Waals surface area contributed by atoms with E-state index in [4.69, 9.17) is 4.74 Å². The highest BCUT2D eigenvalue weighted by atomic mass is 16.5. The average molecular weight is 365 g/mol. The Labute approximate surface area is 160 Å². The van der Waals surface area contributed by atoms with Crippen LogP contribution in [0, 0.1) is 0 Å². The maximum absolute atomic E-state index is 12.9. The molecule has 4 nitrogen and oxygen atoms in total. The van der Waals surface area contributed by atoms with Crippen LogP contribution in [-0.4, -0.2) is 41.2 Å². The summed E-state index contributed by atoms with van der Waals surface area (Å²) in [6.45, 7) is 0. The summed E-state index contributed by atoms with van der Waals surface area (Å²) < 4.78 is 5.89. The Bertz CT molecular complexity index is 737. The van der Waals surface area contributed by atoms with E-state index < -0.39 is 5.60 Å². The summed E-state index contributed by atoms with van der Waals surface area (Å²) in [6.07, 6.45) is 4.11. The highest BCUT2D eigenvalue weighted by molar-refractivity contribution is 5.72. The first-order valence-corrected chi connectivity index (χ1v) is 9.83. The molecule has 0 radical (unpaired) electrons. The molecule has 0 aliphatic carbocycles. The number of hydrogen-bond acceptors (Lipinski definition) is 4. The summed E-state index contributed by atoms with van der Waals surface area (Å²) in [6, 6.07) is 19.7. The fraction of sp³-hybridized carbons (Fsp3) is 0.435. The first-order chi connectivity index (χ1) is 13.1. The van der Waals surface area contributed by atoms with E-state index in [2.05, 4.69) is 11.9 Å². The van der Waals surface area contributed by atoms with Crippen molar-refractivity contribution in [3.05, 3.63) is 71.8 Å². The highest BCUT2D eigenvalue weighted by Crippen LogP contribution is 2.37. The van der Waals surface area contributed by atoms with Crippen molar-refractivity contribution in [2.24, 2.45) is 0 Å². The number of hydrogen-bond donors (Lipinski definition) is 1. The normalized spacial score (nSPS) is 25.3. The molecule has 2 aliphatic rings. The molecule has 2 saturated heterocycles. The third-order valence-electron chi connectivity index (χ3n) is 6.29. The standard InChI is InChI=1S/C23H27NO3/c1-24-19-12-14-20(24)21(15-13-19)27-22(25)16-23(26,17-8-4-2-5-9-17)18-10-6-3-7-11-18/h2-11,19-21,26H,12-16H2,1H3/t19?,20?,21-/m1/s1. The van der Waals surface area contributed by atoms with Crippen LogP contribution in [0.15, 0.2) is 60.7 Å². The smallest absolute Gasteiger partial charge is 0.309 e. The molecular weight excluding hydrogens is 338 g/mol. The number of fused-ring (bicyclic) bond motifs is 2. The molecule has 3 atom stereocenters. The number of carbonyl (C=O) groups excluding carboxylic acids is 1. The maximum Gasteiger partial charge on any atom is 0.309 e. The molecule has 0 saturated carbocycles. The molecule has 2 unspecified atom stereocenters. The van der Waals surface area contributed by atoms with Gasteiger partial charge in [-0.15, -0.1) is 0 Å². The Morgan fingerprint density at radius 3 is 2.15 bits per heavy atom. The van der Waals surface area contributed by atoms with Crippen molar-refractivity contribution >= 4 is 5.97 Å². The van der Waals surface area contributed by atoms with Gasteiger partial charge in [0, 0.05) is 12.1 Å². The minimum Gasteiger partial charge on any atom is -0.461 e. The van der Waals surface area contributed by atoms with E-state index >= 15 is 0 Å². The Morgan fingerprint density at radius 1 is 1.00 bits per heavy atom. The van der Waals surface area contributed by atoms with Crippen molar-refractivity contribution in [2.45, 2.75) is 55.9 Å². The second-order valence-corrected chi connectivity index (χ2v) is 7.84. The summed E-state index contributed by atoms with van der Waals surface area (Å²) in [5.74, 6) is -0.339. The van der Waals surface area contributed by atoms with Crippen LogP contribution >= 0.6 is 0 Å². The number of likely N-dealkylation sites (N-methyl/N-ethyl adjacent to an activating group) is 1. The fourth-order valence-electron chi connectivity index (χ4n) is 4.74. The molecular formula is C23H27NO3. The molecule has 1 N–H and O–H groups in total. The molecule has 2 aliphatic heterocycles. The topological polar surface area (TPSA) is 49.8 Å². The predicted octanol–water partition coefficient (Wildman–Crippen LogP) is 3.48. The number of esters is 1. The molecule has 0 amide bonds. The SMILES string of the molecule is CN1C2CCC1[C@H](OC(=O)CC(O)(c1ccccc1)c1ccccc1)CC2. The van der Waals surface area contributed by atoms with Gasteiger partial charge in [-0.05, 0) is 43.9 Å². The molecule has 2 heterocycles. The van der Waals surface area contributed by atoms with E-state index in [0.29, 0.717) is 23.2 Å². The summed E-state index contributed by atoms with van der Waals surface area (Å²) in [4.78, 5) is 15.2. The second kappa shape index (κ2) is 7.45. The lowest BCUT2D eigenvalue weighted by Crippen LogP contribution is -2.47. The molecule has 2 fully saturated rings. The van der Waals surface area contributed by atoms with Crippen molar-refractivity contribution in [1.82, 2.24) is 4.90 Å². The van der Waals surface area contributed by atoms with E-state index in [-0.39, 0.29) is 18.5 Å². The quantitative estimate of drug-likeness (QED) is 0.824. The van der Waals surface area contributed by atoms with Gasteiger partial charge in [0.15, 0.2) is 0 Å². The average Bonchev–Trinajstić information content (AvgIpc) is 2.93. The molecule has 2 bridgehead atoms. The van der Waals surface area contributed by atoms with Crippen LogP contribution in [-0.2, 0) is 15.1 Å². The van der Waals surface area contributed by atoms with E-state index in [1.165, 1.54) is 6.42 Å². The number of piperidine rings is 1. The Hall–Kier alpha value is -2.17. The first-order valence-electron chi connectivity index (χ1n) is 9.83. The summed E-state index contributed by atoms with van der Waals surface area (Å²) >= 11 is 0. The van der Waals surface area contributed by atoms with Crippen LogP contribution < -0.4 is 0 Å². The molecule has 27 heavy (non-hydrogen) atoms. The molecule has 4 rings (SSSR count). The zero-order valence-corrected chi connectivity index (χ0v) is 15.8. The number of benzene rings is 2. The molecule has 0 spiro atoms. The Kier molecular flexibility index (Phi) is 5.02. The number of carbonyl (C=O) groups is 1. The summed E-state index contributed by atoms with van der Waals surface area (Å²) in [5.41, 5.74) is 0.0166. The number of nitrogens with zero attached hydrogens (tertiary/aromatic N) is 1. The van der Waals surface area contributed by atoms with Crippen molar-refractivity contribution in [1.29, 1.82) is 0 Å². The highest BCUT2D eigenvalue weighted by Gasteiger charge is 2.43. The van der Waals surface area contributed by atoms with Gasteiger partial charge in [0.2, 0.25) is 0 Å². The summed E-state index contributed by atoms with van der Waals surface area (Å²) in [5, 5.41) is 11.5. The minimum atomic E-state index is -1.39. The van der Waals surface area contributed by atoms with Gasteiger partial charge >= 0.3 is 5.97 Å². The lowest BCUT2D eigenvalue weighted by molar-refractivity contribution is -0.158. The van der Waals surface area contributed by atoms with Gasteiger partial charge < -0.3 is 9.84 Å². The Balaban J connectivity index is 1.54. The molecule has 2 aromatic carbocycles. The second-order valence-electron chi connectivity index (χ2n) is 7.84. The lowest BCUT2D eigenvalue weighted by Gasteiger charge is -2.37. The van der Waals surface area contributed by atoms with Crippen molar-refractivity contribution in [3.8, 4) is 0 Å². The van der Waals surface area contributed by atoms with Crippen LogP contribution in [0.2, 0.25) is 0 Å². The van der Waals surface area contributed by atoms with Crippen LogP contribution in [0.25, 0.3) is 0 Å². The number of ether oxygens (including phenoxy) is 1. The number of aliphatic hydroxyl groups is 1. The predicted molar refractivity (Wildman–Crippen MR) is 104 cm³/mol. The molecule has 4 heteroatoms. The van der Waals surface area contributed by atoms with Crippen LogP contribution in [0.4, 0.5) is 0 Å². The third kappa shape index (κ3) is 3.52. The van der Waals surface area contributed by atoms with Gasteiger partial charge in [0.25, 0.3) is 0 Å². The van der Waals surface area contributed by atoms with Gasteiger partial charge in [-0.25, -0.2) is 0 Å². The van der Waals surface area contributed by atoms with Gasteiger partial charge in [-0.1, -0.05) is 60.7 Å². The van der Waals surface area contributed by atoms with Crippen LogP contribution in [0.5, 0.6) is 0 Å². The summed E-state index contributed by atoms with van der Waals surface area (Å²) in [7, 11) is 2.13. The monoisotopic (exact) mass is 365 g/mol. The lowest BCUT2D eigenvalue weighted by atomic mass is 9.83. The van der Waals surface area contributed by atoms with E-state index in [1.807, 2.05) is 60.7 Å². The minimum absolute atomic E-state index is 0.0722. The Morgan fingerprint density at radius 2 is 1.56 bits per heavy atom. The maximum atomic E-state index is 12.9. The van der Waals surface area contributed by atoms with Crippen molar-refractivity contribution in [3.63, 3.8) is 0 Å². The molecule has 2 aromatic rings. The van der Waals surface area contributed by atoms with Gasteiger partial charge in [0.1, 0.15) is 11.7 Å². The van der Waals surface area contributed by atoms with Crippen LogP contribution in [0.3, 0.4) is 0 Å². The fourth-order valence-corrected chi connectivity index (χ4v) is 4.74. The van der Waals surface area contributed by atoms with Gasteiger partial charge in [0.05, 0.1) is 6.42 Å². The van der Waals surface area contributed by atoms with Gasteiger partial charge in [-0.3, -0.25) is 9.69 Å². The third-order valence-corrected chi connectivity index (χ3v) is 6.29. The van der Waals surface area contributed by atoms with E-state index in [0.717, 1.165) is 19.3 Å². The van der Waals surface area contributed by atoms with E-state index in [9.17, 15) is 9.90 Å². The zero-order chi connectivity index (χ0) is 18.9. The van der Waals surface area contributed by atoms with Crippen molar-refractivity contribution in [2.75, 3.05) is 7.05 Å². The van der Waals surface area contributed by atoms with E-state index in [1.54, 1.807) is 0 Å². The molecule has 0 aromatic heterocycles. The van der Waals surface area contributed by atoms with Crippen molar-refractivity contribution < 1.29 is 14.6 Å². The van der Waals surface area contributed by atoms with Crippen LogP contribution in [0.1, 0.15) is 43.2 Å².